The highest BCUT2D eigenvalue weighted by molar-refractivity contribution is 8.02. The zero-order valence-electron chi connectivity index (χ0n) is 16.9. The number of rotatable bonds is 4. The lowest BCUT2D eigenvalue weighted by Crippen LogP contribution is -2.23. The lowest BCUT2D eigenvalue weighted by atomic mass is 10.1. The van der Waals surface area contributed by atoms with Gasteiger partial charge in [0, 0.05) is 46.9 Å². The third-order valence-electron chi connectivity index (χ3n) is 5.34. The summed E-state index contributed by atoms with van der Waals surface area (Å²) in [6.07, 6.45) is 10.8. The van der Waals surface area contributed by atoms with E-state index >= 15 is 0 Å². The third-order valence-corrected chi connectivity index (χ3v) is 6.23. The highest BCUT2D eigenvalue weighted by atomic mass is 32.2. The Labute approximate surface area is 178 Å². The van der Waals surface area contributed by atoms with Gasteiger partial charge >= 0.3 is 0 Å². The largest absolute Gasteiger partial charge is 0.353 e. The normalized spacial score (nSPS) is 15.3. The van der Waals surface area contributed by atoms with E-state index in [9.17, 15) is 0 Å². The first kappa shape index (κ1) is 18.7. The van der Waals surface area contributed by atoms with Crippen molar-refractivity contribution in [3.8, 4) is 11.4 Å². The predicted molar refractivity (Wildman–Crippen MR) is 125 cm³/mol. The summed E-state index contributed by atoms with van der Waals surface area (Å²) >= 11 is 1.85. The van der Waals surface area contributed by atoms with Crippen LogP contribution in [0.5, 0.6) is 0 Å². The average molecular weight is 415 g/mol. The van der Waals surface area contributed by atoms with Gasteiger partial charge in [0.25, 0.3) is 0 Å². The molecule has 0 saturated carbocycles. The topological polar surface area (TPSA) is 75.2 Å². The van der Waals surface area contributed by atoms with Crippen molar-refractivity contribution in [1.82, 2.24) is 29.9 Å². The molecule has 0 saturated heterocycles. The number of aromatic amines is 2. The summed E-state index contributed by atoms with van der Waals surface area (Å²) in [6.45, 7) is 6.24. The van der Waals surface area contributed by atoms with Crippen molar-refractivity contribution in [2.24, 2.45) is 7.05 Å². The van der Waals surface area contributed by atoms with E-state index in [4.69, 9.17) is 0 Å². The Bertz CT molecular complexity index is 1420. The molecule has 0 aliphatic carbocycles. The Balaban J connectivity index is 1.66. The Hall–Kier alpha value is -3.32. The smallest absolute Gasteiger partial charge is 0.116 e. The number of aromatic nitrogens is 6. The molecule has 2 N–H and O–H groups in total. The van der Waals surface area contributed by atoms with Crippen LogP contribution in [0, 0.1) is 0 Å². The van der Waals surface area contributed by atoms with E-state index in [1.54, 1.807) is 4.68 Å². The van der Waals surface area contributed by atoms with Crippen molar-refractivity contribution in [3.63, 3.8) is 0 Å². The molecular weight excluding hydrogens is 392 g/mol. The summed E-state index contributed by atoms with van der Waals surface area (Å²) < 4.78 is 1.78. The Kier molecular flexibility index (Phi) is 4.67. The van der Waals surface area contributed by atoms with E-state index in [0.29, 0.717) is 0 Å². The van der Waals surface area contributed by atoms with E-state index in [0.717, 1.165) is 61.9 Å². The van der Waals surface area contributed by atoms with Crippen molar-refractivity contribution in [2.75, 3.05) is 5.75 Å². The number of H-pyrrole nitrogens is 2. The summed E-state index contributed by atoms with van der Waals surface area (Å²) in [7, 11) is 1.90. The van der Waals surface area contributed by atoms with Crippen LogP contribution >= 0.6 is 11.8 Å². The summed E-state index contributed by atoms with van der Waals surface area (Å²) in [6, 6.07) is 4.17. The second-order valence-electron chi connectivity index (χ2n) is 7.33. The number of nitrogens with one attached hydrogen (secondary N) is 2. The summed E-state index contributed by atoms with van der Waals surface area (Å²) in [5, 5.41) is 17.3. The predicted octanol–water partition coefficient (Wildman–Crippen LogP) is 3.46. The molecule has 150 valence electrons. The molecule has 0 atom stereocenters. The number of nitrogens with zero attached hydrogens (tertiary/aromatic N) is 4. The van der Waals surface area contributed by atoms with E-state index < -0.39 is 0 Å². The van der Waals surface area contributed by atoms with Crippen LogP contribution in [0.1, 0.15) is 24.6 Å². The molecule has 4 aromatic heterocycles. The van der Waals surface area contributed by atoms with Crippen LogP contribution in [-0.2, 0) is 7.05 Å². The lowest BCUT2D eigenvalue weighted by molar-refractivity contribution is 0.767. The summed E-state index contributed by atoms with van der Waals surface area (Å²) in [4.78, 5) is 8.20. The Morgan fingerprint density at radius 3 is 2.97 bits per heavy atom. The molecule has 0 radical (unpaired) electrons. The van der Waals surface area contributed by atoms with E-state index in [2.05, 4.69) is 49.4 Å². The zero-order chi connectivity index (χ0) is 20.7. The molecule has 0 bridgehead atoms. The van der Waals surface area contributed by atoms with Crippen molar-refractivity contribution >= 4 is 46.0 Å². The molecule has 7 heteroatoms. The molecule has 0 unspecified atom stereocenters. The number of pyridine rings is 1. The minimum atomic E-state index is 0.866. The molecule has 4 aromatic rings. The average Bonchev–Trinajstić information content (AvgIpc) is 3.53. The van der Waals surface area contributed by atoms with Crippen molar-refractivity contribution in [2.45, 2.75) is 13.3 Å². The first-order valence-corrected chi connectivity index (χ1v) is 10.9. The standard InChI is InChI=1S/C23H22N6S/c1-4-19-17(9-14(2)16-11-25-29(3)12-16)23(28-27-19)21-10-18-20(26-21)5-7-24-22(18)15-6-8-30-13-15/h4-5,7,9-13,26-27H,2,6,8H2,1,3H3/b17-9+,19-4+. The molecule has 1 aliphatic heterocycles. The number of hydrogen-bond donors (Lipinski definition) is 2. The van der Waals surface area contributed by atoms with E-state index in [1.807, 2.05) is 56.5 Å². The first-order valence-electron chi connectivity index (χ1n) is 9.83. The maximum Gasteiger partial charge on any atom is 0.116 e. The highest BCUT2D eigenvalue weighted by Gasteiger charge is 2.16. The minimum absolute atomic E-state index is 0.866. The van der Waals surface area contributed by atoms with Crippen LogP contribution in [0.4, 0.5) is 0 Å². The molecule has 0 spiro atoms. The second kappa shape index (κ2) is 7.50. The molecule has 5 heterocycles. The van der Waals surface area contributed by atoms with Crippen LogP contribution < -0.4 is 10.6 Å². The number of hydrogen-bond acceptors (Lipinski definition) is 4. The minimum Gasteiger partial charge on any atom is -0.353 e. The molecule has 0 fully saturated rings. The molecule has 6 nitrogen and oxygen atoms in total. The fourth-order valence-electron chi connectivity index (χ4n) is 3.78. The van der Waals surface area contributed by atoms with E-state index in [1.165, 1.54) is 5.57 Å². The number of aryl methyl sites for hydroxylation is 1. The zero-order valence-corrected chi connectivity index (χ0v) is 17.8. The Morgan fingerprint density at radius 1 is 1.33 bits per heavy atom. The van der Waals surface area contributed by atoms with Gasteiger partial charge in [-0.15, -0.1) is 11.8 Å². The van der Waals surface area contributed by atoms with E-state index in [-0.39, 0.29) is 0 Å². The van der Waals surface area contributed by atoms with Crippen LogP contribution in [-0.4, -0.2) is 35.7 Å². The van der Waals surface area contributed by atoms with Gasteiger partial charge in [0.1, 0.15) is 5.69 Å². The quantitative estimate of drug-likeness (QED) is 0.536. The summed E-state index contributed by atoms with van der Waals surface area (Å²) in [5.41, 5.74) is 7.13. The van der Waals surface area contributed by atoms with Gasteiger partial charge in [-0.1, -0.05) is 12.7 Å². The van der Waals surface area contributed by atoms with Gasteiger partial charge in [-0.25, -0.2) is 0 Å². The highest BCUT2D eigenvalue weighted by Crippen LogP contribution is 2.34. The van der Waals surface area contributed by atoms with Gasteiger partial charge in [-0.3, -0.25) is 14.8 Å². The van der Waals surface area contributed by atoms with Crippen LogP contribution in [0.15, 0.2) is 42.7 Å². The first-order chi connectivity index (χ1) is 14.6. The number of thioether (sulfide) groups is 1. The van der Waals surface area contributed by atoms with Gasteiger partial charge in [0.15, 0.2) is 0 Å². The van der Waals surface area contributed by atoms with Gasteiger partial charge in [-0.2, -0.15) is 10.2 Å². The second-order valence-corrected chi connectivity index (χ2v) is 8.31. The van der Waals surface area contributed by atoms with Gasteiger partial charge < -0.3 is 4.98 Å². The van der Waals surface area contributed by atoms with Crippen molar-refractivity contribution < 1.29 is 0 Å². The maximum absolute atomic E-state index is 4.66. The van der Waals surface area contributed by atoms with Crippen LogP contribution in [0.3, 0.4) is 0 Å². The summed E-state index contributed by atoms with van der Waals surface area (Å²) in [5.74, 6) is 1.12. The van der Waals surface area contributed by atoms with Gasteiger partial charge in [0.2, 0.25) is 0 Å². The Morgan fingerprint density at radius 2 is 2.23 bits per heavy atom. The molecule has 1 aliphatic rings. The van der Waals surface area contributed by atoms with Gasteiger partial charge in [-0.05, 0) is 48.1 Å². The lowest BCUT2D eigenvalue weighted by Gasteiger charge is -2.01. The number of fused-ring (bicyclic) bond motifs is 1. The molecular formula is C23H22N6S. The maximum atomic E-state index is 4.66. The molecule has 0 aromatic carbocycles. The fourth-order valence-corrected chi connectivity index (χ4v) is 4.67. The van der Waals surface area contributed by atoms with Crippen molar-refractivity contribution in [1.29, 1.82) is 0 Å². The SMILES string of the molecule is C=C(/C=c1/c(-c2cc3c(C4=CSCC4)nccc3[nH]2)n[nH]/c1=C/C)c1cnn(C)c1. The van der Waals surface area contributed by atoms with Crippen molar-refractivity contribution in [3.05, 3.63) is 64.5 Å². The number of allylic oxidation sites excluding steroid dienone is 2. The molecule has 5 rings (SSSR count). The van der Waals surface area contributed by atoms with Crippen LogP contribution in [0.25, 0.3) is 45.6 Å². The van der Waals surface area contributed by atoms with Gasteiger partial charge in [0.05, 0.1) is 22.9 Å². The fraction of sp³-hybridized carbons (Fsp3) is 0.174. The third kappa shape index (κ3) is 3.21. The molecule has 30 heavy (non-hydrogen) atoms. The monoisotopic (exact) mass is 414 g/mol. The van der Waals surface area contributed by atoms with Crippen LogP contribution in [0.2, 0.25) is 0 Å². The molecule has 0 amide bonds.